The third-order valence-electron chi connectivity index (χ3n) is 2.02. The minimum absolute atomic E-state index is 0.0828. The summed E-state index contributed by atoms with van der Waals surface area (Å²) in [5.74, 6) is 0.0828. The van der Waals surface area contributed by atoms with Crippen LogP contribution in [0.25, 0.3) is 0 Å². The van der Waals surface area contributed by atoms with Gasteiger partial charge in [0, 0.05) is 30.4 Å². The van der Waals surface area contributed by atoms with Gasteiger partial charge in [-0.3, -0.25) is 4.79 Å². The van der Waals surface area contributed by atoms with Crippen LogP contribution in [0.2, 0.25) is 0 Å². The maximum Gasteiger partial charge on any atom is 0.221 e. The standard InChI is InChI=1S/C12H21N3OS/c1-9-14-10(8-17-9)7-13-6-5-11(16)15-12(2,3)4/h8,13H,5-7H2,1-4H3,(H,15,16). The Bertz CT molecular complexity index is 368. The lowest BCUT2D eigenvalue weighted by molar-refractivity contribution is -0.122. The van der Waals surface area contributed by atoms with E-state index in [0.29, 0.717) is 13.0 Å². The zero-order chi connectivity index (χ0) is 12.9. The van der Waals surface area contributed by atoms with Gasteiger partial charge in [0.15, 0.2) is 0 Å². The molecule has 0 unspecified atom stereocenters. The number of rotatable bonds is 5. The summed E-state index contributed by atoms with van der Waals surface area (Å²) in [7, 11) is 0. The number of hydrogen-bond acceptors (Lipinski definition) is 4. The van der Waals surface area contributed by atoms with E-state index in [2.05, 4.69) is 15.6 Å². The molecule has 0 spiro atoms. The van der Waals surface area contributed by atoms with Crippen LogP contribution in [-0.2, 0) is 11.3 Å². The Balaban J connectivity index is 2.14. The third kappa shape index (κ3) is 6.38. The summed E-state index contributed by atoms with van der Waals surface area (Å²) in [6.45, 7) is 9.35. The summed E-state index contributed by atoms with van der Waals surface area (Å²) in [5, 5.41) is 9.26. The predicted molar refractivity (Wildman–Crippen MR) is 71.1 cm³/mol. The Labute approximate surface area is 107 Å². The average Bonchev–Trinajstić information content (AvgIpc) is 2.56. The van der Waals surface area contributed by atoms with Crippen LogP contribution in [-0.4, -0.2) is 23.0 Å². The molecular formula is C12H21N3OS. The molecule has 1 aromatic heterocycles. The number of thiazole rings is 1. The minimum atomic E-state index is -0.150. The average molecular weight is 255 g/mol. The van der Waals surface area contributed by atoms with E-state index in [1.165, 1.54) is 0 Å². The number of aromatic nitrogens is 1. The molecule has 5 heteroatoms. The molecule has 0 saturated carbocycles. The van der Waals surface area contributed by atoms with Crippen LogP contribution in [0.4, 0.5) is 0 Å². The highest BCUT2D eigenvalue weighted by Crippen LogP contribution is 2.07. The smallest absolute Gasteiger partial charge is 0.221 e. The van der Waals surface area contributed by atoms with Gasteiger partial charge in [0.05, 0.1) is 10.7 Å². The quantitative estimate of drug-likeness (QED) is 0.789. The molecule has 0 aliphatic rings. The van der Waals surface area contributed by atoms with E-state index in [9.17, 15) is 4.79 Å². The second kappa shape index (κ2) is 6.12. The molecule has 96 valence electrons. The summed E-state index contributed by atoms with van der Waals surface area (Å²) in [4.78, 5) is 15.9. The van der Waals surface area contributed by atoms with E-state index in [1.54, 1.807) is 11.3 Å². The van der Waals surface area contributed by atoms with Gasteiger partial charge in [0.1, 0.15) is 0 Å². The summed E-state index contributed by atoms with van der Waals surface area (Å²) in [5.41, 5.74) is 0.895. The maximum absolute atomic E-state index is 11.5. The van der Waals surface area contributed by atoms with Crippen molar-refractivity contribution in [1.29, 1.82) is 0 Å². The van der Waals surface area contributed by atoms with Gasteiger partial charge < -0.3 is 10.6 Å². The molecule has 0 aliphatic heterocycles. The molecule has 0 fully saturated rings. The fourth-order valence-corrected chi connectivity index (χ4v) is 2.00. The van der Waals surface area contributed by atoms with Crippen LogP contribution >= 0.6 is 11.3 Å². The number of amides is 1. The lowest BCUT2D eigenvalue weighted by Crippen LogP contribution is -2.41. The van der Waals surface area contributed by atoms with Crippen molar-refractivity contribution in [3.63, 3.8) is 0 Å². The summed E-state index contributed by atoms with van der Waals surface area (Å²) < 4.78 is 0. The molecule has 2 N–H and O–H groups in total. The first kappa shape index (κ1) is 14.1. The highest BCUT2D eigenvalue weighted by atomic mass is 32.1. The van der Waals surface area contributed by atoms with Gasteiger partial charge in [-0.25, -0.2) is 4.98 Å². The first-order valence-electron chi connectivity index (χ1n) is 5.79. The zero-order valence-corrected chi connectivity index (χ0v) is 11.8. The Morgan fingerprint density at radius 2 is 2.18 bits per heavy atom. The zero-order valence-electron chi connectivity index (χ0n) is 11.0. The van der Waals surface area contributed by atoms with Crippen LogP contribution in [0, 0.1) is 6.92 Å². The molecule has 0 saturated heterocycles. The minimum Gasteiger partial charge on any atom is -0.351 e. The van der Waals surface area contributed by atoms with Gasteiger partial charge in [-0.15, -0.1) is 11.3 Å². The normalized spacial score (nSPS) is 11.5. The van der Waals surface area contributed by atoms with E-state index in [1.807, 2.05) is 33.1 Å². The molecule has 1 heterocycles. The van der Waals surface area contributed by atoms with E-state index in [-0.39, 0.29) is 11.4 Å². The summed E-state index contributed by atoms with van der Waals surface area (Å²) in [6.07, 6.45) is 0.500. The largest absolute Gasteiger partial charge is 0.351 e. The molecular weight excluding hydrogens is 234 g/mol. The molecule has 0 aliphatic carbocycles. The molecule has 1 rings (SSSR count). The van der Waals surface area contributed by atoms with E-state index >= 15 is 0 Å². The van der Waals surface area contributed by atoms with Crippen molar-refractivity contribution >= 4 is 17.2 Å². The number of nitrogens with one attached hydrogen (secondary N) is 2. The monoisotopic (exact) mass is 255 g/mol. The summed E-state index contributed by atoms with van der Waals surface area (Å²) >= 11 is 1.65. The molecule has 17 heavy (non-hydrogen) atoms. The fourth-order valence-electron chi connectivity index (χ4n) is 1.39. The fraction of sp³-hybridized carbons (Fsp3) is 0.667. The van der Waals surface area contributed by atoms with Crippen LogP contribution < -0.4 is 10.6 Å². The predicted octanol–water partition coefficient (Wildman–Crippen LogP) is 1.85. The number of carbonyl (C=O) groups excluding carboxylic acids is 1. The molecule has 1 amide bonds. The molecule has 0 atom stereocenters. The van der Waals surface area contributed by atoms with Crippen LogP contribution in [0.5, 0.6) is 0 Å². The van der Waals surface area contributed by atoms with E-state index in [0.717, 1.165) is 17.2 Å². The summed E-state index contributed by atoms with van der Waals surface area (Å²) in [6, 6.07) is 0. The Hall–Kier alpha value is -0.940. The van der Waals surface area contributed by atoms with Gasteiger partial charge in [0.25, 0.3) is 0 Å². The van der Waals surface area contributed by atoms with Gasteiger partial charge in [-0.2, -0.15) is 0 Å². The highest BCUT2D eigenvalue weighted by Gasteiger charge is 2.12. The van der Waals surface area contributed by atoms with Gasteiger partial charge in [-0.1, -0.05) is 0 Å². The van der Waals surface area contributed by atoms with Crippen molar-refractivity contribution in [2.45, 2.75) is 46.2 Å². The second-order valence-electron chi connectivity index (χ2n) is 5.08. The molecule has 0 bridgehead atoms. The third-order valence-corrected chi connectivity index (χ3v) is 2.84. The van der Waals surface area contributed by atoms with Crippen molar-refractivity contribution < 1.29 is 4.79 Å². The Morgan fingerprint density at radius 3 is 2.71 bits per heavy atom. The topological polar surface area (TPSA) is 54.0 Å². The number of carbonyl (C=O) groups is 1. The number of hydrogen-bond donors (Lipinski definition) is 2. The Kier molecular flexibility index (Phi) is 5.08. The van der Waals surface area contributed by atoms with Crippen molar-refractivity contribution in [2.75, 3.05) is 6.54 Å². The molecule has 4 nitrogen and oxygen atoms in total. The molecule has 0 radical (unpaired) electrons. The van der Waals surface area contributed by atoms with Crippen molar-refractivity contribution in [1.82, 2.24) is 15.6 Å². The SMILES string of the molecule is Cc1nc(CNCCC(=O)NC(C)(C)C)cs1. The second-order valence-corrected chi connectivity index (χ2v) is 6.15. The van der Waals surface area contributed by atoms with Crippen molar-refractivity contribution in [2.24, 2.45) is 0 Å². The first-order valence-corrected chi connectivity index (χ1v) is 6.67. The van der Waals surface area contributed by atoms with Gasteiger partial charge >= 0.3 is 0 Å². The van der Waals surface area contributed by atoms with E-state index < -0.39 is 0 Å². The van der Waals surface area contributed by atoms with Crippen molar-refractivity contribution in [3.05, 3.63) is 16.1 Å². The highest BCUT2D eigenvalue weighted by molar-refractivity contribution is 7.09. The molecule has 0 aromatic carbocycles. The maximum atomic E-state index is 11.5. The van der Waals surface area contributed by atoms with Crippen LogP contribution in [0.1, 0.15) is 37.9 Å². The van der Waals surface area contributed by atoms with Crippen molar-refractivity contribution in [3.8, 4) is 0 Å². The van der Waals surface area contributed by atoms with Crippen LogP contribution in [0.15, 0.2) is 5.38 Å². The lowest BCUT2D eigenvalue weighted by atomic mass is 10.1. The van der Waals surface area contributed by atoms with Gasteiger partial charge in [0.2, 0.25) is 5.91 Å². The number of aryl methyl sites for hydroxylation is 1. The lowest BCUT2D eigenvalue weighted by Gasteiger charge is -2.20. The van der Waals surface area contributed by atoms with Gasteiger partial charge in [-0.05, 0) is 27.7 Å². The van der Waals surface area contributed by atoms with Crippen LogP contribution in [0.3, 0.4) is 0 Å². The number of nitrogens with zero attached hydrogens (tertiary/aromatic N) is 1. The first-order chi connectivity index (χ1) is 7.87. The Morgan fingerprint density at radius 1 is 1.47 bits per heavy atom. The molecule has 1 aromatic rings. The van der Waals surface area contributed by atoms with E-state index in [4.69, 9.17) is 0 Å².